The smallest absolute Gasteiger partial charge is 0.329 e. The molecule has 21 heavy (non-hydrogen) atoms. The van der Waals surface area contributed by atoms with Crippen molar-refractivity contribution in [1.29, 1.82) is 0 Å². The van der Waals surface area contributed by atoms with Crippen molar-refractivity contribution in [2.75, 3.05) is 13.1 Å². The molecule has 1 aliphatic heterocycles. The molecular formula is C15H24N2O4. The fourth-order valence-corrected chi connectivity index (χ4v) is 3.05. The lowest BCUT2D eigenvalue weighted by atomic mass is 9.76. The van der Waals surface area contributed by atoms with Crippen LogP contribution < -0.4 is 5.32 Å². The average Bonchev–Trinajstić information content (AvgIpc) is 2.42. The minimum absolute atomic E-state index is 0.0894. The van der Waals surface area contributed by atoms with Gasteiger partial charge < -0.3 is 15.3 Å². The summed E-state index contributed by atoms with van der Waals surface area (Å²) in [6, 6.07) is 0. The number of hydrogen-bond donors (Lipinski definition) is 2. The van der Waals surface area contributed by atoms with E-state index in [4.69, 9.17) is 0 Å². The molecule has 2 fully saturated rings. The quantitative estimate of drug-likeness (QED) is 0.796. The van der Waals surface area contributed by atoms with E-state index in [1.54, 1.807) is 4.90 Å². The maximum Gasteiger partial charge on any atom is 0.329 e. The van der Waals surface area contributed by atoms with Crippen LogP contribution in [0.4, 0.5) is 0 Å². The molecule has 2 amide bonds. The number of hydrogen-bond acceptors (Lipinski definition) is 3. The fraction of sp³-hybridized carbons (Fsp3) is 0.800. The van der Waals surface area contributed by atoms with Crippen LogP contribution in [0.3, 0.4) is 0 Å². The highest BCUT2D eigenvalue weighted by molar-refractivity contribution is 5.89. The predicted molar refractivity (Wildman–Crippen MR) is 76.6 cm³/mol. The molecule has 118 valence electrons. The molecule has 0 radical (unpaired) electrons. The van der Waals surface area contributed by atoms with Crippen molar-refractivity contribution in [2.24, 2.45) is 5.92 Å². The van der Waals surface area contributed by atoms with Crippen molar-refractivity contribution < 1.29 is 19.5 Å². The van der Waals surface area contributed by atoms with E-state index >= 15 is 0 Å². The lowest BCUT2D eigenvalue weighted by Crippen LogP contribution is -2.61. The molecule has 6 nitrogen and oxygen atoms in total. The zero-order chi connectivity index (χ0) is 15.5. The third-order valence-electron chi connectivity index (χ3n) is 4.59. The lowest BCUT2D eigenvalue weighted by molar-refractivity contribution is -0.153. The highest BCUT2D eigenvalue weighted by Gasteiger charge is 2.46. The Bertz CT molecular complexity index is 431. The molecule has 2 N–H and O–H groups in total. The van der Waals surface area contributed by atoms with Crippen molar-refractivity contribution >= 4 is 17.8 Å². The molecule has 2 aliphatic rings. The second-order valence-corrected chi connectivity index (χ2v) is 6.16. The van der Waals surface area contributed by atoms with E-state index in [9.17, 15) is 19.5 Å². The molecule has 1 heterocycles. The van der Waals surface area contributed by atoms with E-state index in [0.29, 0.717) is 32.4 Å². The normalized spacial score (nSPS) is 24.0. The van der Waals surface area contributed by atoms with Gasteiger partial charge in [0.25, 0.3) is 0 Å². The number of carbonyl (C=O) groups excluding carboxylic acids is 2. The van der Waals surface area contributed by atoms with Gasteiger partial charge in [-0.15, -0.1) is 0 Å². The highest BCUT2D eigenvalue weighted by Crippen LogP contribution is 2.32. The van der Waals surface area contributed by atoms with Crippen LogP contribution in [-0.2, 0) is 14.4 Å². The Morgan fingerprint density at radius 2 is 2.00 bits per heavy atom. The van der Waals surface area contributed by atoms with Crippen molar-refractivity contribution in [3.05, 3.63) is 0 Å². The van der Waals surface area contributed by atoms with E-state index in [1.165, 1.54) is 0 Å². The van der Waals surface area contributed by atoms with Gasteiger partial charge in [-0.05, 0) is 38.5 Å². The van der Waals surface area contributed by atoms with E-state index in [1.807, 2.05) is 6.92 Å². The molecular weight excluding hydrogens is 272 g/mol. The molecule has 0 aromatic rings. The number of likely N-dealkylation sites (tertiary alicyclic amines) is 1. The Balaban J connectivity index is 1.93. The van der Waals surface area contributed by atoms with Gasteiger partial charge in [-0.1, -0.05) is 6.92 Å². The zero-order valence-electron chi connectivity index (χ0n) is 12.6. The SMILES string of the molecule is CCCC(=O)N1CCCC(C(=O)NC2(C(=O)O)CCC2)C1. The first kappa shape index (κ1) is 15.8. The van der Waals surface area contributed by atoms with Crippen LogP contribution in [0.15, 0.2) is 0 Å². The van der Waals surface area contributed by atoms with Crippen LogP contribution in [0.1, 0.15) is 51.9 Å². The Hall–Kier alpha value is -1.59. The number of carbonyl (C=O) groups is 3. The van der Waals surface area contributed by atoms with Gasteiger partial charge in [0.1, 0.15) is 5.54 Å². The number of nitrogens with zero attached hydrogens (tertiary/aromatic N) is 1. The van der Waals surface area contributed by atoms with Gasteiger partial charge >= 0.3 is 5.97 Å². The summed E-state index contributed by atoms with van der Waals surface area (Å²) < 4.78 is 0. The van der Waals surface area contributed by atoms with Crippen LogP contribution in [0.5, 0.6) is 0 Å². The minimum Gasteiger partial charge on any atom is -0.480 e. The summed E-state index contributed by atoms with van der Waals surface area (Å²) >= 11 is 0. The Labute approximate surface area is 124 Å². The van der Waals surface area contributed by atoms with Gasteiger partial charge in [0.15, 0.2) is 0 Å². The van der Waals surface area contributed by atoms with Crippen LogP contribution in [0, 0.1) is 5.92 Å². The maximum absolute atomic E-state index is 12.3. The number of amides is 2. The van der Waals surface area contributed by atoms with Gasteiger partial charge in [0.05, 0.1) is 5.92 Å². The summed E-state index contributed by atoms with van der Waals surface area (Å²) in [7, 11) is 0. The standard InChI is InChI=1S/C15H24N2O4/c1-2-5-12(18)17-9-3-6-11(10-17)13(19)16-15(14(20)21)7-4-8-15/h11H,2-10H2,1H3,(H,16,19)(H,20,21). The molecule has 0 spiro atoms. The number of aliphatic carboxylic acids is 1. The second-order valence-electron chi connectivity index (χ2n) is 6.16. The Morgan fingerprint density at radius 1 is 1.29 bits per heavy atom. The second kappa shape index (κ2) is 6.45. The largest absolute Gasteiger partial charge is 0.480 e. The monoisotopic (exact) mass is 296 g/mol. The van der Waals surface area contributed by atoms with Crippen LogP contribution in [-0.4, -0.2) is 46.4 Å². The minimum atomic E-state index is -1.06. The number of rotatable bonds is 5. The fourth-order valence-electron chi connectivity index (χ4n) is 3.05. The third kappa shape index (κ3) is 3.36. The average molecular weight is 296 g/mol. The van der Waals surface area contributed by atoms with Gasteiger partial charge in [0.2, 0.25) is 11.8 Å². The topological polar surface area (TPSA) is 86.7 Å². The van der Waals surface area contributed by atoms with E-state index in [-0.39, 0.29) is 17.7 Å². The van der Waals surface area contributed by atoms with Crippen molar-refractivity contribution in [3.8, 4) is 0 Å². The summed E-state index contributed by atoms with van der Waals surface area (Å²) in [4.78, 5) is 37.3. The Morgan fingerprint density at radius 3 is 2.52 bits per heavy atom. The van der Waals surface area contributed by atoms with Crippen molar-refractivity contribution in [2.45, 2.75) is 57.4 Å². The molecule has 1 atom stereocenters. The maximum atomic E-state index is 12.3. The van der Waals surface area contributed by atoms with Gasteiger partial charge in [-0.3, -0.25) is 9.59 Å². The molecule has 6 heteroatoms. The van der Waals surface area contributed by atoms with Gasteiger partial charge in [0, 0.05) is 19.5 Å². The first-order chi connectivity index (χ1) is 9.98. The van der Waals surface area contributed by atoms with Gasteiger partial charge in [-0.25, -0.2) is 4.79 Å². The molecule has 0 bridgehead atoms. The summed E-state index contributed by atoms with van der Waals surface area (Å²) in [5.41, 5.74) is -1.06. The number of carboxylic acid groups (broad SMARTS) is 1. The number of carboxylic acids is 1. The van der Waals surface area contributed by atoms with Crippen molar-refractivity contribution in [3.63, 3.8) is 0 Å². The summed E-state index contributed by atoms with van der Waals surface area (Å²) in [6.07, 6.45) is 4.66. The number of nitrogens with one attached hydrogen (secondary N) is 1. The molecule has 0 aromatic heterocycles. The molecule has 1 saturated heterocycles. The molecule has 1 unspecified atom stereocenters. The Kier molecular flexibility index (Phi) is 4.85. The van der Waals surface area contributed by atoms with Crippen LogP contribution in [0.25, 0.3) is 0 Å². The predicted octanol–water partition coefficient (Wildman–Crippen LogP) is 1.15. The molecule has 0 aromatic carbocycles. The first-order valence-electron chi connectivity index (χ1n) is 7.81. The summed E-state index contributed by atoms with van der Waals surface area (Å²) in [5, 5.41) is 12.0. The van der Waals surface area contributed by atoms with E-state index < -0.39 is 11.5 Å². The van der Waals surface area contributed by atoms with Gasteiger partial charge in [-0.2, -0.15) is 0 Å². The van der Waals surface area contributed by atoms with Crippen molar-refractivity contribution in [1.82, 2.24) is 10.2 Å². The van der Waals surface area contributed by atoms with Crippen LogP contribution >= 0.6 is 0 Å². The first-order valence-corrected chi connectivity index (χ1v) is 7.81. The van der Waals surface area contributed by atoms with Crippen LogP contribution in [0.2, 0.25) is 0 Å². The summed E-state index contributed by atoms with van der Waals surface area (Å²) in [6.45, 7) is 3.08. The third-order valence-corrected chi connectivity index (χ3v) is 4.59. The zero-order valence-corrected chi connectivity index (χ0v) is 12.6. The van der Waals surface area contributed by atoms with E-state index in [2.05, 4.69) is 5.32 Å². The van der Waals surface area contributed by atoms with E-state index in [0.717, 1.165) is 25.7 Å². The molecule has 1 saturated carbocycles. The number of piperidine rings is 1. The molecule has 1 aliphatic carbocycles. The highest BCUT2D eigenvalue weighted by atomic mass is 16.4. The lowest BCUT2D eigenvalue weighted by Gasteiger charge is -2.40. The summed E-state index contributed by atoms with van der Waals surface area (Å²) in [5.74, 6) is -1.36. The molecule has 2 rings (SSSR count).